The minimum Gasteiger partial charge on any atom is -0.461 e. The van der Waals surface area contributed by atoms with E-state index in [4.69, 9.17) is 14.2 Å². The first-order valence-corrected chi connectivity index (χ1v) is 9.98. The first-order valence-electron chi connectivity index (χ1n) is 9.98. The highest BCUT2D eigenvalue weighted by Crippen LogP contribution is 2.60. The Morgan fingerprint density at radius 1 is 1.28 bits per heavy atom. The molecule has 8 atom stereocenters. The molecule has 1 saturated heterocycles. The zero-order chi connectivity index (χ0) is 21.9. The lowest BCUT2D eigenvalue weighted by molar-refractivity contribution is -0.267. The Balaban J connectivity index is 2.04. The largest absolute Gasteiger partial charge is 0.461 e. The van der Waals surface area contributed by atoms with Gasteiger partial charge >= 0.3 is 17.9 Å². The molecule has 0 bridgehead atoms. The zero-order valence-electron chi connectivity index (χ0n) is 17.5. The van der Waals surface area contributed by atoms with Crippen LogP contribution in [-0.4, -0.2) is 58.1 Å². The van der Waals surface area contributed by atoms with Crippen LogP contribution in [0, 0.1) is 23.2 Å². The quantitative estimate of drug-likeness (QED) is 0.404. The summed E-state index contributed by atoms with van der Waals surface area (Å²) in [5, 5.41) is 22.4. The summed E-state index contributed by atoms with van der Waals surface area (Å²) in [6.45, 7) is 11.8. The van der Waals surface area contributed by atoms with Crippen molar-refractivity contribution in [3.8, 4) is 0 Å². The second-order valence-electron chi connectivity index (χ2n) is 9.31. The van der Waals surface area contributed by atoms with Gasteiger partial charge in [-0.2, -0.15) is 0 Å². The molecule has 0 spiro atoms. The Labute approximate surface area is 170 Å². The molecule has 8 heteroatoms. The summed E-state index contributed by atoms with van der Waals surface area (Å²) in [7, 11) is 0. The van der Waals surface area contributed by atoms with Crippen LogP contribution >= 0.6 is 0 Å². The van der Waals surface area contributed by atoms with Gasteiger partial charge < -0.3 is 24.4 Å². The summed E-state index contributed by atoms with van der Waals surface area (Å²) in [4.78, 5) is 36.2. The minimum absolute atomic E-state index is 0.0245. The van der Waals surface area contributed by atoms with E-state index in [1.807, 2.05) is 0 Å². The molecule has 0 aromatic rings. The van der Waals surface area contributed by atoms with Gasteiger partial charge in [-0.25, -0.2) is 4.79 Å². The van der Waals surface area contributed by atoms with Gasteiger partial charge in [0.15, 0.2) is 0 Å². The maximum absolute atomic E-state index is 12.3. The maximum Gasteiger partial charge on any atom is 0.334 e. The van der Waals surface area contributed by atoms with Crippen LogP contribution in [0.1, 0.15) is 47.5 Å². The van der Waals surface area contributed by atoms with E-state index in [0.29, 0.717) is 0 Å². The van der Waals surface area contributed by atoms with Crippen molar-refractivity contribution in [2.24, 2.45) is 23.2 Å². The first kappa shape index (κ1) is 21.8. The lowest BCUT2D eigenvalue weighted by atomic mass is 9.49. The van der Waals surface area contributed by atoms with Crippen molar-refractivity contribution >= 4 is 17.9 Å². The van der Waals surface area contributed by atoms with Crippen LogP contribution in [0.25, 0.3) is 0 Å². The zero-order valence-corrected chi connectivity index (χ0v) is 17.5. The lowest BCUT2D eigenvalue weighted by Gasteiger charge is -2.60. The van der Waals surface area contributed by atoms with Crippen LogP contribution in [0.2, 0.25) is 0 Å². The second-order valence-corrected chi connectivity index (χ2v) is 9.31. The molecule has 0 aromatic carbocycles. The summed E-state index contributed by atoms with van der Waals surface area (Å²) >= 11 is 0. The molecule has 2 aliphatic carbocycles. The molecule has 1 aliphatic heterocycles. The highest BCUT2D eigenvalue weighted by molar-refractivity contribution is 5.91. The summed E-state index contributed by atoms with van der Waals surface area (Å²) in [6.07, 6.45) is -3.26. The Hall–Kier alpha value is -1.93. The average molecular weight is 410 g/mol. The predicted octanol–water partition coefficient (Wildman–Crippen LogP) is 1.13. The van der Waals surface area contributed by atoms with E-state index in [1.165, 1.54) is 13.8 Å². The summed E-state index contributed by atoms with van der Waals surface area (Å²) in [5.41, 5.74) is -2.33. The normalized spacial score (nSPS) is 44.0. The van der Waals surface area contributed by atoms with Crippen LogP contribution in [0.4, 0.5) is 0 Å². The third-order valence-electron chi connectivity index (χ3n) is 6.87. The van der Waals surface area contributed by atoms with Gasteiger partial charge in [0.05, 0.1) is 17.9 Å². The molecule has 3 rings (SSSR count). The number of carbonyl (C=O) groups is 3. The molecule has 162 valence electrons. The van der Waals surface area contributed by atoms with Gasteiger partial charge in [0, 0.05) is 30.3 Å². The molecule has 3 fully saturated rings. The Morgan fingerprint density at radius 3 is 2.45 bits per heavy atom. The summed E-state index contributed by atoms with van der Waals surface area (Å²) in [5.74, 6) is -3.36. The summed E-state index contributed by atoms with van der Waals surface area (Å²) < 4.78 is 16.6. The van der Waals surface area contributed by atoms with Crippen molar-refractivity contribution in [3.05, 3.63) is 12.2 Å². The number of hydrogen-bond donors (Lipinski definition) is 2. The van der Waals surface area contributed by atoms with Crippen molar-refractivity contribution in [1.29, 1.82) is 0 Å². The van der Waals surface area contributed by atoms with E-state index in [2.05, 4.69) is 6.58 Å². The van der Waals surface area contributed by atoms with Crippen molar-refractivity contribution < 1.29 is 38.8 Å². The molecule has 29 heavy (non-hydrogen) atoms. The maximum atomic E-state index is 12.3. The molecule has 8 nitrogen and oxygen atoms in total. The van der Waals surface area contributed by atoms with Gasteiger partial charge in [-0.3, -0.25) is 9.59 Å². The highest BCUT2D eigenvalue weighted by atomic mass is 16.6. The fourth-order valence-electron chi connectivity index (χ4n) is 5.40. The van der Waals surface area contributed by atoms with Gasteiger partial charge in [-0.1, -0.05) is 27.4 Å². The van der Waals surface area contributed by atoms with Gasteiger partial charge in [-0.15, -0.1) is 0 Å². The molecule has 0 radical (unpaired) electrons. The first-order chi connectivity index (χ1) is 13.3. The second kappa shape index (κ2) is 7.09. The van der Waals surface area contributed by atoms with Crippen LogP contribution in [-0.2, 0) is 28.6 Å². The van der Waals surface area contributed by atoms with E-state index in [0.717, 1.165) is 0 Å². The summed E-state index contributed by atoms with van der Waals surface area (Å²) in [6, 6.07) is 0. The molecular weight excluding hydrogens is 380 g/mol. The number of aliphatic hydroxyl groups excluding tert-OH is 1. The third kappa shape index (κ3) is 3.36. The number of carbonyl (C=O) groups excluding carboxylic acids is 3. The van der Waals surface area contributed by atoms with E-state index < -0.39 is 65.2 Å². The highest BCUT2D eigenvalue weighted by Gasteiger charge is 2.69. The molecule has 3 aliphatic rings. The van der Waals surface area contributed by atoms with Crippen LogP contribution in [0.3, 0.4) is 0 Å². The number of fused-ring (bicyclic) bond motifs is 3. The molecule has 0 aromatic heterocycles. The van der Waals surface area contributed by atoms with Gasteiger partial charge in [0.2, 0.25) is 0 Å². The Morgan fingerprint density at radius 2 is 1.90 bits per heavy atom. The number of rotatable bonds is 3. The number of aliphatic hydroxyl groups is 2. The molecule has 1 heterocycles. The van der Waals surface area contributed by atoms with Gasteiger partial charge in [0.1, 0.15) is 23.9 Å². The Kier molecular flexibility index (Phi) is 5.32. The number of hydrogen-bond acceptors (Lipinski definition) is 8. The molecule has 2 saturated carbocycles. The molecule has 1 unspecified atom stereocenters. The smallest absolute Gasteiger partial charge is 0.334 e. The predicted molar refractivity (Wildman–Crippen MR) is 100 cm³/mol. The fourth-order valence-corrected chi connectivity index (χ4v) is 5.40. The topological polar surface area (TPSA) is 119 Å². The van der Waals surface area contributed by atoms with Crippen molar-refractivity contribution in [1.82, 2.24) is 0 Å². The van der Waals surface area contributed by atoms with Crippen LogP contribution < -0.4 is 0 Å². The molecule has 2 N–H and O–H groups in total. The van der Waals surface area contributed by atoms with E-state index in [9.17, 15) is 24.6 Å². The van der Waals surface area contributed by atoms with Gasteiger partial charge in [0.25, 0.3) is 0 Å². The number of esters is 3. The SMILES string of the molecule is C=C1C(=O)O[C@H]2[C@H]1[C@H](OC(=O)C(C)C)C[C@@]1(C)[C@H](O)C[C@H](OC(C)=O)C(C)(O)[C@H]21. The third-order valence-corrected chi connectivity index (χ3v) is 6.87. The van der Waals surface area contributed by atoms with Gasteiger partial charge in [-0.05, 0) is 13.3 Å². The monoisotopic (exact) mass is 410 g/mol. The van der Waals surface area contributed by atoms with Crippen molar-refractivity contribution in [3.63, 3.8) is 0 Å². The molecule has 0 amide bonds. The van der Waals surface area contributed by atoms with Crippen molar-refractivity contribution in [2.75, 3.05) is 0 Å². The fraction of sp³-hybridized carbons (Fsp3) is 0.762. The standard InChI is InChI=1S/C21H30O8/c1-9(2)18(24)28-12-8-20(5)13(23)7-14(27-11(4)22)21(6,26)17(20)16-15(12)10(3)19(25)29-16/h9,12-17,23,26H,3,7-8H2,1-2,4-6H3/t12-,13-,14+,15-,16+,17-,20+,21?/m1/s1. The van der Waals surface area contributed by atoms with E-state index in [-0.39, 0.29) is 24.3 Å². The lowest BCUT2D eigenvalue weighted by Crippen LogP contribution is -2.70. The average Bonchev–Trinajstić information content (AvgIpc) is 2.86. The van der Waals surface area contributed by atoms with E-state index in [1.54, 1.807) is 20.8 Å². The van der Waals surface area contributed by atoms with Crippen LogP contribution in [0.5, 0.6) is 0 Å². The minimum atomic E-state index is -1.57. The van der Waals surface area contributed by atoms with E-state index >= 15 is 0 Å². The van der Waals surface area contributed by atoms with Crippen LogP contribution in [0.15, 0.2) is 12.2 Å². The Bertz CT molecular complexity index is 741. The molecular formula is C21H30O8. The van der Waals surface area contributed by atoms with Crippen molar-refractivity contribution in [2.45, 2.75) is 77.5 Å². The number of ether oxygens (including phenoxy) is 3.